The standard InChI is InChI=1S/C13H22OS.CHF3O3S/c1-13(10-6-5-9-12(13)14)15-11-7-3-2-4-8-11;2-1(3,4)8(5,6)7/h11H,2-10H2,1H3;(H,5,6,7). The molecule has 2 saturated carbocycles. The van der Waals surface area contributed by atoms with Gasteiger partial charge in [-0.2, -0.15) is 21.6 Å². The molecule has 2 rings (SSSR count). The molecule has 0 aliphatic heterocycles. The minimum Gasteiger partial charge on any atom is -0.298 e. The van der Waals surface area contributed by atoms with E-state index in [1.165, 1.54) is 38.5 Å². The van der Waals surface area contributed by atoms with Crippen LogP contribution in [-0.2, 0) is 14.9 Å². The summed E-state index contributed by atoms with van der Waals surface area (Å²) in [5.41, 5.74) is -5.53. The minimum atomic E-state index is -5.84. The highest BCUT2D eigenvalue weighted by molar-refractivity contribution is 8.02. The molecule has 1 unspecified atom stereocenters. The molecule has 9 heteroatoms. The normalized spacial score (nSPS) is 27.3. The Morgan fingerprint density at radius 2 is 1.65 bits per heavy atom. The smallest absolute Gasteiger partial charge is 0.298 e. The Labute approximate surface area is 139 Å². The molecule has 136 valence electrons. The summed E-state index contributed by atoms with van der Waals surface area (Å²) in [7, 11) is -5.84. The number of rotatable bonds is 2. The zero-order valence-corrected chi connectivity index (χ0v) is 14.7. The van der Waals surface area contributed by atoms with Gasteiger partial charge >= 0.3 is 15.6 Å². The van der Waals surface area contributed by atoms with Crippen LogP contribution in [-0.4, -0.2) is 34.3 Å². The fourth-order valence-electron chi connectivity index (χ4n) is 2.83. The molecular formula is C14H23F3O4S2. The summed E-state index contributed by atoms with van der Waals surface area (Å²) in [6.07, 6.45) is 11.2. The van der Waals surface area contributed by atoms with Crippen LogP contribution in [0, 0.1) is 0 Å². The molecule has 1 N–H and O–H groups in total. The van der Waals surface area contributed by atoms with E-state index < -0.39 is 15.6 Å². The first kappa shape index (κ1) is 20.8. The van der Waals surface area contributed by atoms with E-state index in [0.717, 1.165) is 24.5 Å². The van der Waals surface area contributed by atoms with Gasteiger partial charge in [0, 0.05) is 11.7 Å². The maximum Gasteiger partial charge on any atom is 0.522 e. The van der Waals surface area contributed by atoms with Crippen LogP contribution in [0.3, 0.4) is 0 Å². The van der Waals surface area contributed by atoms with Crippen LogP contribution < -0.4 is 0 Å². The quantitative estimate of drug-likeness (QED) is 0.573. The van der Waals surface area contributed by atoms with E-state index in [4.69, 9.17) is 13.0 Å². The van der Waals surface area contributed by atoms with Crippen LogP contribution in [0.2, 0.25) is 0 Å². The Kier molecular flexibility index (Phi) is 7.40. The van der Waals surface area contributed by atoms with Crippen molar-refractivity contribution in [2.45, 2.75) is 80.2 Å². The van der Waals surface area contributed by atoms with E-state index in [2.05, 4.69) is 6.92 Å². The first-order valence-corrected chi connectivity index (χ1v) is 10.0. The van der Waals surface area contributed by atoms with Crippen molar-refractivity contribution in [1.29, 1.82) is 0 Å². The summed E-state index contributed by atoms with van der Waals surface area (Å²) in [5.74, 6) is 0.518. The zero-order chi connectivity index (χ0) is 17.7. The van der Waals surface area contributed by atoms with Crippen LogP contribution in [0.1, 0.15) is 64.7 Å². The zero-order valence-electron chi connectivity index (χ0n) is 13.1. The van der Waals surface area contributed by atoms with Gasteiger partial charge in [-0.25, -0.2) is 0 Å². The number of ketones is 1. The van der Waals surface area contributed by atoms with Crippen molar-refractivity contribution in [3.8, 4) is 0 Å². The highest BCUT2D eigenvalue weighted by Gasteiger charge is 2.44. The fourth-order valence-corrected chi connectivity index (χ4v) is 4.63. The summed E-state index contributed by atoms with van der Waals surface area (Å²) < 4.78 is 57.5. The van der Waals surface area contributed by atoms with Crippen LogP contribution >= 0.6 is 11.8 Å². The summed E-state index contributed by atoms with van der Waals surface area (Å²) in [4.78, 5) is 12.0. The summed E-state index contributed by atoms with van der Waals surface area (Å²) >= 11 is 2.00. The molecule has 0 amide bonds. The van der Waals surface area contributed by atoms with Gasteiger partial charge in [0.2, 0.25) is 0 Å². The fraction of sp³-hybridized carbons (Fsp3) is 0.929. The van der Waals surface area contributed by atoms with Gasteiger partial charge in [0.15, 0.2) is 0 Å². The molecular weight excluding hydrogens is 353 g/mol. The second-order valence-electron chi connectivity index (χ2n) is 6.16. The molecule has 0 heterocycles. The molecule has 1 atom stereocenters. The van der Waals surface area contributed by atoms with Crippen LogP contribution in [0.25, 0.3) is 0 Å². The van der Waals surface area contributed by atoms with Gasteiger partial charge in [-0.1, -0.05) is 25.7 Å². The van der Waals surface area contributed by atoms with Gasteiger partial charge in [0.05, 0.1) is 4.75 Å². The highest BCUT2D eigenvalue weighted by Crippen LogP contribution is 2.43. The Hall–Kier alpha value is -0.280. The van der Waals surface area contributed by atoms with E-state index in [-0.39, 0.29) is 4.75 Å². The Morgan fingerprint density at radius 3 is 2.09 bits per heavy atom. The predicted molar refractivity (Wildman–Crippen MR) is 83.9 cm³/mol. The largest absolute Gasteiger partial charge is 0.522 e. The van der Waals surface area contributed by atoms with E-state index in [0.29, 0.717) is 5.78 Å². The topological polar surface area (TPSA) is 71.4 Å². The van der Waals surface area contributed by atoms with Crippen LogP contribution in [0.4, 0.5) is 13.2 Å². The van der Waals surface area contributed by atoms with Crippen molar-refractivity contribution in [1.82, 2.24) is 0 Å². The van der Waals surface area contributed by atoms with Crippen molar-refractivity contribution < 1.29 is 30.9 Å². The molecule has 4 nitrogen and oxygen atoms in total. The summed E-state index contributed by atoms with van der Waals surface area (Å²) in [5, 5.41) is 0.769. The lowest BCUT2D eigenvalue weighted by atomic mass is 9.88. The number of halogens is 3. The van der Waals surface area contributed by atoms with E-state index in [9.17, 15) is 18.0 Å². The monoisotopic (exact) mass is 376 g/mol. The Balaban J connectivity index is 0.000000284. The highest BCUT2D eigenvalue weighted by atomic mass is 32.2. The van der Waals surface area contributed by atoms with Crippen LogP contribution in [0.5, 0.6) is 0 Å². The van der Waals surface area contributed by atoms with Crippen molar-refractivity contribution in [2.24, 2.45) is 0 Å². The maximum atomic E-state index is 12.0. The Morgan fingerprint density at radius 1 is 1.13 bits per heavy atom. The number of thioether (sulfide) groups is 1. The number of hydrogen-bond donors (Lipinski definition) is 1. The van der Waals surface area contributed by atoms with Crippen molar-refractivity contribution in [2.75, 3.05) is 0 Å². The summed E-state index contributed by atoms with van der Waals surface area (Å²) in [6, 6.07) is 0. The molecule has 0 spiro atoms. The molecule has 2 aliphatic carbocycles. The third-order valence-corrected chi connectivity index (χ3v) is 6.51. The molecule has 2 aliphatic rings. The third-order valence-electron chi connectivity index (χ3n) is 4.17. The Bertz CT molecular complexity index is 499. The number of carbonyl (C=O) groups is 1. The van der Waals surface area contributed by atoms with Crippen molar-refractivity contribution in [3.63, 3.8) is 0 Å². The first-order chi connectivity index (χ1) is 10.5. The lowest BCUT2D eigenvalue weighted by Gasteiger charge is -2.35. The average Bonchev–Trinajstić information content (AvgIpc) is 2.42. The minimum absolute atomic E-state index is 0.0275. The molecule has 0 bridgehead atoms. The van der Waals surface area contributed by atoms with Crippen LogP contribution in [0.15, 0.2) is 0 Å². The second-order valence-corrected chi connectivity index (χ2v) is 9.38. The molecule has 23 heavy (non-hydrogen) atoms. The predicted octanol–water partition coefficient (Wildman–Crippen LogP) is 4.35. The molecule has 0 aromatic carbocycles. The molecule has 0 aromatic heterocycles. The van der Waals surface area contributed by atoms with Gasteiger partial charge in [-0.05, 0) is 32.6 Å². The van der Waals surface area contributed by atoms with Gasteiger partial charge in [0.25, 0.3) is 0 Å². The third kappa shape index (κ3) is 6.62. The van der Waals surface area contributed by atoms with Gasteiger partial charge < -0.3 is 0 Å². The van der Waals surface area contributed by atoms with Gasteiger partial charge in [-0.15, -0.1) is 11.8 Å². The van der Waals surface area contributed by atoms with E-state index in [1.807, 2.05) is 11.8 Å². The first-order valence-electron chi connectivity index (χ1n) is 7.70. The van der Waals surface area contributed by atoms with Crippen molar-refractivity contribution >= 4 is 27.7 Å². The number of alkyl halides is 3. The van der Waals surface area contributed by atoms with Gasteiger partial charge in [-0.3, -0.25) is 9.35 Å². The maximum absolute atomic E-state index is 12.0. The SMILES string of the molecule is CC1(SC2CCCCC2)CCCCC1=O.O=S(=O)(O)C(F)(F)F. The lowest BCUT2D eigenvalue weighted by molar-refractivity contribution is -0.122. The number of carbonyl (C=O) groups excluding carboxylic acids is 1. The molecule has 0 saturated heterocycles. The van der Waals surface area contributed by atoms with Gasteiger partial charge in [0.1, 0.15) is 5.78 Å². The molecule has 2 fully saturated rings. The van der Waals surface area contributed by atoms with E-state index in [1.54, 1.807) is 0 Å². The summed E-state index contributed by atoms with van der Waals surface area (Å²) in [6.45, 7) is 2.19. The molecule has 0 aromatic rings. The average molecular weight is 376 g/mol. The molecule has 0 radical (unpaired) electrons. The van der Waals surface area contributed by atoms with E-state index >= 15 is 0 Å². The number of hydrogen-bond acceptors (Lipinski definition) is 4. The second kappa shape index (κ2) is 8.20. The van der Waals surface area contributed by atoms with Crippen molar-refractivity contribution in [3.05, 3.63) is 0 Å². The lowest BCUT2D eigenvalue weighted by Crippen LogP contribution is -2.37. The number of Topliss-reactive ketones (excluding diaryl/α,β-unsaturated/α-hetero) is 1.